The van der Waals surface area contributed by atoms with Gasteiger partial charge in [-0.1, -0.05) is 11.3 Å². The fourth-order valence-electron chi connectivity index (χ4n) is 4.59. The quantitative estimate of drug-likeness (QED) is 0.374. The van der Waals surface area contributed by atoms with E-state index in [0.717, 1.165) is 31.4 Å². The standard InChI is InChI=1S/C26H22FN7O2S/c1-12-5-16(20-19(36-2)11-30-22(21(20)27)14-3-4-14)17(9-29-12)24(35)34-26-33-23-25(37-26)32-18(10-31-23)15-6-13(7-15)8-28/h5,9-11,13-15H,3-4,6-7H2,1-2H3,(H,31,33,34,35). The van der Waals surface area contributed by atoms with Crippen LogP contribution in [0.5, 0.6) is 5.75 Å². The zero-order valence-corrected chi connectivity index (χ0v) is 21.0. The zero-order valence-electron chi connectivity index (χ0n) is 20.2. The Morgan fingerprint density at radius 2 is 1.97 bits per heavy atom. The molecule has 0 bridgehead atoms. The van der Waals surface area contributed by atoms with Gasteiger partial charge in [0, 0.05) is 35.2 Å². The van der Waals surface area contributed by atoms with Gasteiger partial charge in [0.1, 0.15) is 5.75 Å². The highest BCUT2D eigenvalue weighted by molar-refractivity contribution is 7.21. The summed E-state index contributed by atoms with van der Waals surface area (Å²) < 4.78 is 21.1. The molecular weight excluding hydrogens is 493 g/mol. The first-order valence-corrected chi connectivity index (χ1v) is 12.8. The molecule has 0 unspecified atom stereocenters. The number of hydrogen-bond acceptors (Lipinski definition) is 9. The number of halogens is 1. The smallest absolute Gasteiger partial charge is 0.259 e. The number of pyridine rings is 2. The lowest BCUT2D eigenvalue weighted by molar-refractivity contribution is 0.102. The minimum atomic E-state index is -0.483. The zero-order chi connectivity index (χ0) is 25.7. The number of hydrogen-bond donors (Lipinski definition) is 1. The average molecular weight is 516 g/mol. The SMILES string of the molecule is COc1cnc(C2CC2)c(F)c1-c1cc(C)ncc1C(=O)Nc1nc2ncc(C3CC(C#N)C3)nc2s1. The summed E-state index contributed by atoms with van der Waals surface area (Å²) in [5.41, 5.74) is 3.05. The Hall–Kier alpha value is -4.04. The second-order valence-corrected chi connectivity index (χ2v) is 10.4. The number of aromatic nitrogens is 5. The monoisotopic (exact) mass is 515 g/mol. The molecule has 37 heavy (non-hydrogen) atoms. The first-order valence-electron chi connectivity index (χ1n) is 12.0. The molecule has 1 N–H and O–H groups in total. The van der Waals surface area contributed by atoms with Crippen LogP contribution in [0.2, 0.25) is 0 Å². The molecule has 0 aromatic carbocycles. The molecule has 11 heteroatoms. The predicted molar refractivity (Wildman–Crippen MR) is 135 cm³/mol. The summed E-state index contributed by atoms with van der Waals surface area (Å²) in [5.74, 6) is -0.338. The van der Waals surface area contributed by atoms with E-state index in [2.05, 4.69) is 36.3 Å². The van der Waals surface area contributed by atoms with Crippen molar-refractivity contribution in [2.24, 2.45) is 5.92 Å². The van der Waals surface area contributed by atoms with Crippen LogP contribution < -0.4 is 10.1 Å². The number of aryl methyl sites for hydroxylation is 1. The number of amides is 1. The van der Waals surface area contributed by atoms with Crippen LogP contribution in [0.4, 0.5) is 9.52 Å². The molecule has 0 atom stereocenters. The lowest BCUT2D eigenvalue weighted by atomic mass is 9.74. The Labute approximate surface area is 215 Å². The van der Waals surface area contributed by atoms with E-state index in [1.807, 2.05) is 0 Å². The molecule has 2 fully saturated rings. The molecule has 186 valence electrons. The topological polar surface area (TPSA) is 127 Å². The molecule has 6 rings (SSSR count). The third-order valence-corrected chi connectivity index (χ3v) is 7.71. The summed E-state index contributed by atoms with van der Waals surface area (Å²) in [7, 11) is 1.45. The molecule has 2 aliphatic carbocycles. The molecule has 4 aromatic heterocycles. The predicted octanol–water partition coefficient (Wildman–Crippen LogP) is 5.15. The molecule has 0 spiro atoms. The summed E-state index contributed by atoms with van der Waals surface area (Å²) in [6, 6.07) is 3.95. The van der Waals surface area contributed by atoms with Gasteiger partial charge in [0.25, 0.3) is 5.91 Å². The Bertz CT molecular complexity index is 1590. The summed E-state index contributed by atoms with van der Waals surface area (Å²) in [6.07, 6.45) is 7.95. The van der Waals surface area contributed by atoms with Crippen molar-refractivity contribution in [3.8, 4) is 22.9 Å². The molecule has 4 aromatic rings. The lowest BCUT2D eigenvalue weighted by Crippen LogP contribution is -2.21. The van der Waals surface area contributed by atoms with Crippen molar-refractivity contribution in [3.05, 3.63) is 53.1 Å². The van der Waals surface area contributed by atoms with Crippen LogP contribution in [0.1, 0.15) is 65.0 Å². The Balaban J connectivity index is 1.32. The number of fused-ring (bicyclic) bond motifs is 1. The molecule has 0 saturated heterocycles. The lowest BCUT2D eigenvalue weighted by Gasteiger charge is -2.29. The van der Waals surface area contributed by atoms with E-state index < -0.39 is 11.7 Å². The van der Waals surface area contributed by atoms with E-state index in [9.17, 15) is 4.79 Å². The number of methoxy groups -OCH3 is 1. The fourth-order valence-corrected chi connectivity index (χ4v) is 5.39. The van der Waals surface area contributed by atoms with E-state index >= 15 is 4.39 Å². The third kappa shape index (κ3) is 4.27. The molecule has 4 heterocycles. The molecule has 1 amide bonds. The highest BCUT2D eigenvalue weighted by atomic mass is 32.1. The van der Waals surface area contributed by atoms with Crippen LogP contribution in [0.15, 0.2) is 24.7 Å². The summed E-state index contributed by atoms with van der Waals surface area (Å²) >= 11 is 1.21. The van der Waals surface area contributed by atoms with Gasteiger partial charge >= 0.3 is 0 Å². The van der Waals surface area contributed by atoms with Crippen LogP contribution >= 0.6 is 11.3 Å². The number of nitriles is 1. The largest absolute Gasteiger partial charge is 0.494 e. The van der Waals surface area contributed by atoms with Gasteiger partial charge in [0.2, 0.25) is 0 Å². The molecular formula is C26H22FN7O2S. The first-order chi connectivity index (χ1) is 17.9. The summed E-state index contributed by atoms with van der Waals surface area (Å²) in [5, 5.41) is 12.2. The van der Waals surface area contributed by atoms with Crippen molar-refractivity contribution in [2.75, 3.05) is 12.4 Å². The van der Waals surface area contributed by atoms with Gasteiger partial charge < -0.3 is 4.74 Å². The van der Waals surface area contributed by atoms with Crippen molar-refractivity contribution in [1.82, 2.24) is 24.9 Å². The van der Waals surface area contributed by atoms with E-state index in [0.29, 0.717) is 32.6 Å². The fraction of sp³-hybridized carbons (Fsp3) is 0.346. The van der Waals surface area contributed by atoms with Crippen LogP contribution in [0, 0.1) is 30.0 Å². The van der Waals surface area contributed by atoms with Gasteiger partial charge in [-0.2, -0.15) is 10.2 Å². The summed E-state index contributed by atoms with van der Waals surface area (Å²) in [4.78, 5) is 36.0. The van der Waals surface area contributed by atoms with Gasteiger partial charge in [-0.3, -0.25) is 20.1 Å². The van der Waals surface area contributed by atoms with Crippen LogP contribution in [-0.2, 0) is 0 Å². The maximum atomic E-state index is 15.7. The summed E-state index contributed by atoms with van der Waals surface area (Å²) in [6.45, 7) is 1.78. The Kier molecular flexibility index (Phi) is 5.76. The number of nitrogens with zero attached hydrogens (tertiary/aromatic N) is 6. The maximum Gasteiger partial charge on any atom is 0.259 e. The number of carbonyl (C=O) groups is 1. The highest BCUT2D eigenvalue weighted by Gasteiger charge is 2.33. The number of nitrogens with one attached hydrogen (secondary N) is 1. The van der Waals surface area contributed by atoms with E-state index in [1.54, 1.807) is 19.2 Å². The van der Waals surface area contributed by atoms with E-state index in [-0.39, 0.29) is 34.6 Å². The van der Waals surface area contributed by atoms with Gasteiger partial charge in [-0.05, 0) is 38.7 Å². The number of rotatable bonds is 6. The first kappa shape index (κ1) is 23.4. The molecule has 2 aliphatic rings. The molecule has 2 saturated carbocycles. The van der Waals surface area contributed by atoms with Crippen molar-refractivity contribution < 1.29 is 13.9 Å². The van der Waals surface area contributed by atoms with Crippen LogP contribution in [0.3, 0.4) is 0 Å². The van der Waals surface area contributed by atoms with Gasteiger partial charge in [0.15, 0.2) is 21.4 Å². The van der Waals surface area contributed by atoms with Crippen LogP contribution in [0.25, 0.3) is 21.6 Å². The minimum Gasteiger partial charge on any atom is -0.494 e. The molecule has 0 radical (unpaired) electrons. The van der Waals surface area contributed by atoms with Crippen molar-refractivity contribution in [3.63, 3.8) is 0 Å². The minimum absolute atomic E-state index is 0.0698. The molecule has 9 nitrogen and oxygen atoms in total. The second-order valence-electron chi connectivity index (χ2n) is 9.44. The number of carbonyl (C=O) groups excluding carboxylic acids is 1. The van der Waals surface area contributed by atoms with Crippen molar-refractivity contribution in [1.29, 1.82) is 5.26 Å². The Morgan fingerprint density at radius 3 is 2.70 bits per heavy atom. The Morgan fingerprint density at radius 1 is 1.16 bits per heavy atom. The van der Waals surface area contributed by atoms with Gasteiger partial charge in [0.05, 0.1) is 48.1 Å². The maximum absolute atomic E-state index is 15.7. The third-order valence-electron chi connectivity index (χ3n) is 6.85. The normalized spacial score (nSPS) is 18.8. The average Bonchev–Trinajstić information content (AvgIpc) is 3.62. The molecule has 0 aliphatic heterocycles. The number of ether oxygens (including phenoxy) is 1. The van der Waals surface area contributed by atoms with Crippen LogP contribution in [-0.4, -0.2) is 37.9 Å². The number of anilines is 1. The van der Waals surface area contributed by atoms with Crippen molar-refractivity contribution >= 4 is 32.9 Å². The van der Waals surface area contributed by atoms with E-state index in [1.165, 1.54) is 30.8 Å². The second kappa shape index (κ2) is 9.12. The van der Waals surface area contributed by atoms with E-state index in [4.69, 9.17) is 10.00 Å². The van der Waals surface area contributed by atoms with Crippen molar-refractivity contribution in [2.45, 2.75) is 44.4 Å². The van der Waals surface area contributed by atoms with Gasteiger partial charge in [-0.25, -0.2) is 14.4 Å². The van der Waals surface area contributed by atoms with Gasteiger partial charge in [-0.15, -0.1) is 0 Å². The number of thiazole rings is 1. The highest BCUT2D eigenvalue weighted by Crippen LogP contribution is 2.45.